The highest BCUT2D eigenvalue weighted by atomic mass is 16.5. The third kappa shape index (κ3) is 1.79. The van der Waals surface area contributed by atoms with E-state index in [-0.39, 0.29) is 11.4 Å². The number of rotatable bonds is 1. The fraction of sp³-hybridized carbons (Fsp3) is 0.600. The highest BCUT2D eigenvalue weighted by Gasteiger charge is 2.35. The van der Waals surface area contributed by atoms with Gasteiger partial charge in [0.15, 0.2) is 5.78 Å². The molecule has 0 bridgehead atoms. The molecule has 13 heavy (non-hydrogen) atoms. The van der Waals surface area contributed by atoms with E-state index in [0.29, 0.717) is 0 Å². The lowest BCUT2D eigenvalue weighted by atomic mass is 9.76. The molecule has 0 atom stereocenters. The second-order valence-corrected chi connectivity index (χ2v) is 3.86. The molecule has 0 N–H and O–H groups in total. The fourth-order valence-corrected chi connectivity index (χ4v) is 1.43. The average Bonchev–Trinajstić information content (AvgIpc) is 2.08. The Morgan fingerprint density at radius 2 is 2.15 bits per heavy atom. The number of carbonyl (C=O) groups excluding carboxylic acids is 2. The molecule has 0 radical (unpaired) electrons. The lowest BCUT2D eigenvalue weighted by Gasteiger charge is -2.26. The average molecular weight is 182 g/mol. The second kappa shape index (κ2) is 3.32. The Hall–Kier alpha value is -1.12. The number of Topliss-reactive ketones (excluding diaryl/α,β-unsaturated/α-hetero) is 1. The molecule has 1 aliphatic rings. The summed E-state index contributed by atoms with van der Waals surface area (Å²) < 4.78 is 4.53. The molecular weight excluding hydrogens is 168 g/mol. The topological polar surface area (TPSA) is 43.4 Å². The molecule has 3 nitrogen and oxygen atoms in total. The number of ketones is 1. The quantitative estimate of drug-likeness (QED) is 0.455. The summed E-state index contributed by atoms with van der Waals surface area (Å²) >= 11 is 0. The Balaban J connectivity index is 2.94. The molecule has 0 aromatic heterocycles. The largest absolute Gasteiger partial charge is 0.465 e. The predicted molar refractivity (Wildman–Crippen MR) is 48.1 cm³/mol. The fourth-order valence-electron chi connectivity index (χ4n) is 1.43. The van der Waals surface area contributed by atoms with E-state index in [4.69, 9.17) is 0 Å². The second-order valence-electron chi connectivity index (χ2n) is 3.86. The standard InChI is InChI=1S/C10H14O3/c1-10(2)6-4-5-7(8(10)11)9(12)13-3/h5H,4,6H2,1-3H3. The highest BCUT2D eigenvalue weighted by Crippen LogP contribution is 2.32. The molecular formula is C10H14O3. The van der Waals surface area contributed by atoms with Gasteiger partial charge in [-0.1, -0.05) is 19.9 Å². The van der Waals surface area contributed by atoms with Crippen LogP contribution in [0.1, 0.15) is 26.7 Å². The van der Waals surface area contributed by atoms with E-state index in [1.165, 1.54) is 7.11 Å². The van der Waals surface area contributed by atoms with E-state index in [2.05, 4.69) is 4.74 Å². The van der Waals surface area contributed by atoms with Crippen molar-refractivity contribution in [1.29, 1.82) is 0 Å². The van der Waals surface area contributed by atoms with E-state index in [0.717, 1.165) is 12.8 Å². The molecule has 3 heteroatoms. The summed E-state index contributed by atoms with van der Waals surface area (Å²) in [4.78, 5) is 22.8. The lowest BCUT2D eigenvalue weighted by Crippen LogP contribution is -2.32. The SMILES string of the molecule is COC(=O)C1=CCCC(C)(C)C1=O. The van der Waals surface area contributed by atoms with Crippen LogP contribution >= 0.6 is 0 Å². The van der Waals surface area contributed by atoms with Crippen LogP contribution in [0.2, 0.25) is 0 Å². The molecule has 0 aromatic carbocycles. The summed E-state index contributed by atoms with van der Waals surface area (Å²) in [5.41, 5.74) is -0.211. The van der Waals surface area contributed by atoms with Crippen molar-refractivity contribution in [3.63, 3.8) is 0 Å². The smallest absolute Gasteiger partial charge is 0.341 e. The van der Waals surface area contributed by atoms with Crippen molar-refractivity contribution in [2.24, 2.45) is 5.41 Å². The minimum atomic E-state index is -0.516. The van der Waals surface area contributed by atoms with Crippen LogP contribution in [0.5, 0.6) is 0 Å². The number of methoxy groups -OCH3 is 1. The Kier molecular flexibility index (Phi) is 2.55. The van der Waals surface area contributed by atoms with Crippen LogP contribution in [0.25, 0.3) is 0 Å². The van der Waals surface area contributed by atoms with E-state index >= 15 is 0 Å². The first-order chi connectivity index (χ1) is 5.99. The van der Waals surface area contributed by atoms with Crippen molar-refractivity contribution in [1.82, 2.24) is 0 Å². The van der Waals surface area contributed by atoms with Gasteiger partial charge < -0.3 is 4.74 Å². The van der Waals surface area contributed by atoms with Gasteiger partial charge >= 0.3 is 5.97 Å². The normalized spacial score (nSPS) is 20.8. The summed E-state index contributed by atoms with van der Waals surface area (Å²) in [5, 5.41) is 0. The third-order valence-electron chi connectivity index (χ3n) is 2.38. The van der Waals surface area contributed by atoms with Gasteiger partial charge in [0.2, 0.25) is 0 Å². The maximum atomic E-state index is 11.7. The molecule has 0 aromatic rings. The maximum Gasteiger partial charge on any atom is 0.341 e. The molecule has 0 heterocycles. The monoisotopic (exact) mass is 182 g/mol. The summed E-state index contributed by atoms with van der Waals surface area (Å²) in [6, 6.07) is 0. The zero-order valence-electron chi connectivity index (χ0n) is 8.22. The van der Waals surface area contributed by atoms with Crippen LogP contribution in [0.4, 0.5) is 0 Å². The van der Waals surface area contributed by atoms with Crippen molar-refractivity contribution in [2.75, 3.05) is 7.11 Å². The van der Waals surface area contributed by atoms with Crippen molar-refractivity contribution >= 4 is 11.8 Å². The number of hydrogen-bond donors (Lipinski definition) is 0. The summed E-state index contributed by atoms with van der Waals surface area (Å²) in [6.07, 6.45) is 3.23. The molecule has 0 spiro atoms. The summed E-state index contributed by atoms with van der Waals surface area (Å²) in [6.45, 7) is 3.70. The van der Waals surface area contributed by atoms with E-state index in [9.17, 15) is 9.59 Å². The molecule has 0 saturated carbocycles. The Labute approximate surface area is 77.8 Å². The van der Waals surface area contributed by atoms with Crippen molar-refractivity contribution in [3.8, 4) is 0 Å². The maximum absolute atomic E-state index is 11.7. The molecule has 0 aliphatic heterocycles. The van der Waals surface area contributed by atoms with Gasteiger partial charge in [0.05, 0.1) is 12.7 Å². The molecule has 1 rings (SSSR count). The van der Waals surface area contributed by atoms with Crippen LogP contribution < -0.4 is 0 Å². The number of carbonyl (C=O) groups is 2. The molecule has 72 valence electrons. The van der Waals surface area contributed by atoms with Crippen LogP contribution in [-0.4, -0.2) is 18.9 Å². The first kappa shape index (κ1) is 9.96. The first-order valence-electron chi connectivity index (χ1n) is 4.32. The molecule has 0 fully saturated rings. The number of ether oxygens (including phenoxy) is 1. The minimum Gasteiger partial charge on any atom is -0.465 e. The van der Waals surface area contributed by atoms with Gasteiger partial charge in [-0.15, -0.1) is 0 Å². The third-order valence-corrected chi connectivity index (χ3v) is 2.38. The molecule has 1 aliphatic carbocycles. The van der Waals surface area contributed by atoms with Crippen LogP contribution in [0.3, 0.4) is 0 Å². The summed E-state index contributed by atoms with van der Waals surface area (Å²) in [7, 11) is 1.29. The first-order valence-corrected chi connectivity index (χ1v) is 4.32. The zero-order chi connectivity index (χ0) is 10.1. The van der Waals surface area contributed by atoms with Gasteiger partial charge in [-0.05, 0) is 12.8 Å². The minimum absolute atomic E-state index is 0.106. The predicted octanol–water partition coefficient (Wildman–Crippen LogP) is 1.47. The van der Waals surface area contributed by atoms with Gasteiger partial charge in [0.1, 0.15) is 0 Å². The van der Waals surface area contributed by atoms with E-state index in [1.807, 2.05) is 13.8 Å². The molecule has 0 unspecified atom stereocenters. The molecule has 0 saturated heterocycles. The van der Waals surface area contributed by atoms with E-state index < -0.39 is 11.4 Å². The Bertz CT molecular complexity index is 274. The summed E-state index contributed by atoms with van der Waals surface area (Å²) in [5.74, 6) is -0.622. The van der Waals surface area contributed by atoms with Gasteiger partial charge in [-0.3, -0.25) is 4.79 Å². The van der Waals surface area contributed by atoms with Crippen LogP contribution in [0, 0.1) is 5.41 Å². The highest BCUT2D eigenvalue weighted by molar-refractivity contribution is 6.19. The van der Waals surface area contributed by atoms with Gasteiger partial charge in [0.25, 0.3) is 0 Å². The number of esters is 1. The van der Waals surface area contributed by atoms with Gasteiger partial charge in [-0.25, -0.2) is 4.79 Å². The van der Waals surface area contributed by atoms with Gasteiger partial charge in [0, 0.05) is 5.41 Å². The van der Waals surface area contributed by atoms with Crippen molar-refractivity contribution in [3.05, 3.63) is 11.6 Å². The number of hydrogen-bond acceptors (Lipinski definition) is 3. The van der Waals surface area contributed by atoms with Crippen LogP contribution in [-0.2, 0) is 14.3 Å². The number of allylic oxidation sites excluding steroid dienone is 1. The van der Waals surface area contributed by atoms with E-state index in [1.54, 1.807) is 6.08 Å². The van der Waals surface area contributed by atoms with Crippen LogP contribution in [0.15, 0.2) is 11.6 Å². The molecule has 0 amide bonds. The Morgan fingerprint density at radius 3 is 2.69 bits per heavy atom. The lowest BCUT2D eigenvalue weighted by molar-refractivity contribution is -0.139. The Morgan fingerprint density at radius 1 is 1.54 bits per heavy atom. The van der Waals surface area contributed by atoms with Gasteiger partial charge in [-0.2, -0.15) is 0 Å². The zero-order valence-corrected chi connectivity index (χ0v) is 8.22. The van der Waals surface area contributed by atoms with Crippen molar-refractivity contribution < 1.29 is 14.3 Å². The van der Waals surface area contributed by atoms with Crippen molar-refractivity contribution in [2.45, 2.75) is 26.7 Å².